The standard InChI is InChI=1S/C25H26N6O2S/c1-34(32,33)23-22(17-11-18-8-9-19(12-17)29-18)30-25-20(14-28-31(25)24(23)26)16-7-10-21(27-13-16)15-5-3-2-4-6-15/h2-7,10,13-14,17-19,29H,8-9,11-12,26H2,1H3/t17-,18-,19+. The van der Waals surface area contributed by atoms with Gasteiger partial charge in [0.25, 0.3) is 0 Å². The third-order valence-corrected chi connectivity index (χ3v) is 8.20. The molecule has 0 amide bonds. The summed E-state index contributed by atoms with van der Waals surface area (Å²) in [6.07, 6.45) is 8.62. The molecule has 0 unspecified atom stereocenters. The van der Waals surface area contributed by atoms with E-state index in [1.165, 1.54) is 10.8 Å². The molecule has 1 aromatic carbocycles. The lowest BCUT2D eigenvalue weighted by atomic mass is 9.89. The summed E-state index contributed by atoms with van der Waals surface area (Å²) >= 11 is 0. The number of piperidine rings is 1. The molecule has 9 heteroatoms. The summed E-state index contributed by atoms with van der Waals surface area (Å²) in [6, 6.07) is 14.7. The minimum Gasteiger partial charge on any atom is -0.382 e. The van der Waals surface area contributed by atoms with Crippen LogP contribution in [0.25, 0.3) is 28.0 Å². The van der Waals surface area contributed by atoms with Crippen molar-refractivity contribution < 1.29 is 8.42 Å². The predicted molar refractivity (Wildman–Crippen MR) is 131 cm³/mol. The predicted octanol–water partition coefficient (Wildman–Crippen LogP) is 3.44. The van der Waals surface area contributed by atoms with Crippen LogP contribution < -0.4 is 11.1 Å². The van der Waals surface area contributed by atoms with Crippen molar-refractivity contribution in [3.05, 3.63) is 60.6 Å². The van der Waals surface area contributed by atoms with E-state index in [0.29, 0.717) is 23.4 Å². The number of anilines is 1. The summed E-state index contributed by atoms with van der Waals surface area (Å²) in [7, 11) is -3.59. The van der Waals surface area contributed by atoms with Gasteiger partial charge in [-0.3, -0.25) is 4.98 Å². The summed E-state index contributed by atoms with van der Waals surface area (Å²) in [4.78, 5) is 9.67. The zero-order valence-electron chi connectivity index (χ0n) is 18.8. The number of nitrogens with one attached hydrogen (secondary N) is 1. The molecule has 34 heavy (non-hydrogen) atoms. The molecule has 5 heterocycles. The topological polar surface area (TPSA) is 115 Å². The van der Waals surface area contributed by atoms with E-state index in [2.05, 4.69) is 15.4 Å². The van der Waals surface area contributed by atoms with Crippen LogP contribution in [-0.2, 0) is 9.84 Å². The van der Waals surface area contributed by atoms with E-state index in [9.17, 15) is 8.42 Å². The lowest BCUT2D eigenvalue weighted by Crippen LogP contribution is -2.38. The number of nitrogen functional groups attached to an aromatic ring is 1. The van der Waals surface area contributed by atoms with Crippen molar-refractivity contribution in [1.29, 1.82) is 0 Å². The van der Waals surface area contributed by atoms with Gasteiger partial charge in [0.1, 0.15) is 10.7 Å². The Morgan fingerprint density at radius 1 is 1.00 bits per heavy atom. The van der Waals surface area contributed by atoms with Crippen molar-refractivity contribution in [2.45, 2.75) is 48.6 Å². The van der Waals surface area contributed by atoms with E-state index >= 15 is 0 Å². The minimum atomic E-state index is -3.59. The van der Waals surface area contributed by atoms with Crippen LogP contribution in [0.4, 0.5) is 5.82 Å². The normalized spacial score (nSPS) is 22.3. The highest BCUT2D eigenvalue weighted by Crippen LogP contribution is 2.41. The van der Waals surface area contributed by atoms with Crippen LogP contribution in [-0.4, -0.2) is 46.3 Å². The molecule has 8 nitrogen and oxygen atoms in total. The average Bonchev–Trinajstić information content (AvgIpc) is 3.41. The number of nitrogens with two attached hydrogens (primary N) is 1. The Bertz CT molecular complexity index is 1470. The van der Waals surface area contributed by atoms with Gasteiger partial charge >= 0.3 is 0 Å². The molecule has 3 N–H and O–H groups in total. The van der Waals surface area contributed by atoms with Gasteiger partial charge in [0.15, 0.2) is 15.5 Å². The maximum atomic E-state index is 12.8. The number of pyridine rings is 1. The van der Waals surface area contributed by atoms with Gasteiger partial charge in [0.2, 0.25) is 0 Å². The Morgan fingerprint density at radius 2 is 1.74 bits per heavy atom. The Balaban J connectivity index is 1.48. The van der Waals surface area contributed by atoms with E-state index in [0.717, 1.165) is 48.1 Å². The van der Waals surface area contributed by atoms with Gasteiger partial charge in [0, 0.05) is 47.1 Å². The first-order chi connectivity index (χ1) is 16.4. The highest BCUT2D eigenvalue weighted by Gasteiger charge is 2.38. The van der Waals surface area contributed by atoms with E-state index in [4.69, 9.17) is 10.7 Å². The zero-order valence-corrected chi connectivity index (χ0v) is 19.7. The fourth-order valence-electron chi connectivity index (χ4n) is 5.49. The number of benzene rings is 1. The molecule has 2 aliphatic heterocycles. The fourth-order valence-corrected chi connectivity index (χ4v) is 6.55. The Morgan fingerprint density at radius 3 is 2.38 bits per heavy atom. The van der Waals surface area contributed by atoms with Crippen molar-refractivity contribution in [2.24, 2.45) is 0 Å². The molecule has 174 valence electrons. The number of aromatic nitrogens is 4. The first-order valence-electron chi connectivity index (χ1n) is 11.5. The first kappa shape index (κ1) is 21.2. The van der Waals surface area contributed by atoms with Crippen molar-refractivity contribution >= 4 is 21.3 Å². The molecule has 3 atom stereocenters. The zero-order chi connectivity index (χ0) is 23.4. The molecular weight excluding hydrogens is 448 g/mol. The first-order valence-corrected chi connectivity index (χ1v) is 13.4. The monoisotopic (exact) mass is 474 g/mol. The number of nitrogens with zero attached hydrogens (tertiary/aromatic N) is 4. The van der Waals surface area contributed by atoms with Crippen molar-refractivity contribution in [1.82, 2.24) is 24.9 Å². The molecule has 4 aromatic rings. The SMILES string of the molecule is CS(=O)(=O)c1c([C@@H]2C[C@H]3CC[C@@H](C2)N3)nc2c(-c3ccc(-c4ccccc4)nc3)cnn2c1N. The Labute approximate surface area is 198 Å². The Hall–Kier alpha value is -3.30. The van der Waals surface area contributed by atoms with Crippen LogP contribution in [0.2, 0.25) is 0 Å². The molecule has 6 rings (SSSR count). The summed E-state index contributed by atoms with van der Waals surface area (Å²) in [6.45, 7) is 0. The van der Waals surface area contributed by atoms with E-state index in [1.54, 1.807) is 12.4 Å². The van der Waals surface area contributed by atoms with Crippen LogP contribution in [0.5, 0.6) is 0 Å². The van der Waals surface area contributed by atoms with Crippen LogP contribution in [0, 0.1) is 0 Å². The second kappa shape index (κ2) is 7.89. The molecule has 0 spiro atoms. The smallest absolute Gasteiger partial charge is 0.180 e. The lowest BCUT2D eigenvalue weighted by Gasteiger charge is -2.30. The third kappa shape index (κ3) is 3.56. The van der Waals surface area contributed by atoms with Gasteiger partial charge in [-0.1, -0.05) is 36.4 Å². The van der Waals surface area contributed by atoms with Crippen LogP contribution in [0.1, 0.15) is 37.3 Å². The third-order valence-electron chi connectivity index (χ3n) is 7.04. The van der Waals surface area contributed by atoms with Gasteiger partial charge in [-0.25, -0.2) is 13.4 Å². The number of sulfone groups is 1. The minimum absolute atomic E-state index is 0.0390. The van der Waals surface area contributed by atoms with Gasteiger partial charge in [0.05, 0.1) is 17.6 Å². The summed E-state index contributed by atoms with van der Waals surface area (Å²) in [5.74, 6) is 0.158. The second-order valence-corrected chi connectivity index (χ2v) is 11.3. The molecule has 2 saturated heterocycles. The number of hydrogen-bond acceptors (Lipinski definition) is 7. The molecule has 0 aliphatic carbocycles. The largest absolute Gasteiger partial charge is 0.382 e. The quantitative estimate of drug-likeness (QED) is 0.465. The molecule has 2 bridgehead atoms. The molecule has 3 aromatic heterocycles. The molecule has 2 aliphatic rings. The average molecular weight is 475 g/mol. The van der Waals surface area contributed by atoms with Crippen LogP contribution >= 0.6 is 0 Å². The van der Waals surface area contributed by atoms with Crippen molar-refractivity contribution in [3.63, 3.8) is 0 Å². The van der Waals surface area contributed by atoms with Crippen LogP contribution in [0.3, 0.4) is 0 Å². The van der Waals surface area contributed by atoms with E-state index < -0.39 is 9.84 Å². The van der Waals surface area contributed by atoms with Gasteiger partial charge < -0.3 is 11.1 Å². The van der Waals surface area contributed by atoms with Gasteiger partial charge in [-0.15, -0.1) is 0 Å². The molecule has 2 fully saturated rings. The van der Waals surface area contributed by atoms with E-state index in [-0.39, 0.29) is 16.6 Å². The highest BCUT2D eigenvalue weighted by atomic mass is 32.2. The highest BCUT2D eigenvalue weighted by molar-refractivity contribution is 7.91. The lowest BCUT2D eigenvalue weighted by molar-refractivity contribution is 0.355. The van der Waals surface area contributed by atoms with E-state index in [1.807, 2.05) is 42.5 Å². The number of fused-ring (bicyclic) bond motifs is 3. The van der Waals surface area contributed by atoms with Crippen molar-refractivity contribution in [2.75, 3.05) is 12.0 Å². The number of hydrogen-bond donors (Lipinski definition) is 2. The van der Waals surface area contributed by atoms with Gasteiger partial charge in [-0.2, -0.15) is 9.61 Å². The maximum Gasteiger partial charge on any atom is 0.180 e. The second-order valence-electron chi connectivity index (χ2n) is 9.38. The maximum absolute atomic E-state index is 12.8. The fraction of sp³-hybridized carbons (Fsp3) is 0.320. The Kier molecular flexibility index (Phi) is 4.93. The van der Waals surface area contributed by atoms with Crippen molar-refractivity contribution in [3.8, 4) is 22.4 Å². The molecule has 0 saturated carbocycles. The molecular formula is C25H26N6O2S. The van der Waals surface area contributed by atoms with Gasteiger partial charge in [-0.05, 0) is 31.7 Å². The summed E-state index contributed by atoms with van der Waals surface area (Å²) in [5, 5.41) is 8.02. The summed E-state index contributed by atoms with van der Waals surface area (Å²) in [5.41, 5.74) is 11.1. The molecule has 0 radical (unpaired) electrons. The number of rotatable bonds is 4. The van der Waals surface area contributed by atoms with Crippen LogP contribution in [0.15, 0.2) is 59.8 Å². The summed E-state index contributed by atoms with van der Waals surface area (Å²) < 4.78 is 27.0.